The van der Waals surface area contributed by atoms with E-state index in [-0.39, 0.29) is 24.3 Å². The van der Waals surface area contributed by atoms with Crippen LogP contribution in [-0.4, -0.2) is 70.5 Å². The van der Waals surface area contributed by atoms with Gasteiger partial charge in [-0.05, 0) is 68.3 Å². The normalized spacial score (nSPS) is 30.7. The van der Waals surface area contributed by atoms with E-state index < -0.39 is 11.9 Å². The number of benzene rings is 1. The van der Waals surface area contributed by atoms with Gasteiger partial charge >= 0.3 is 0 Å². The maximum absolute atomic E-state index is 12.8. The Bertz CT molecular complexity index is 913. The molecule has 1 aliphatic carbocycles. The van der Waals surface area contributed by atoms with Crippen molar-refractivity contribution >= 4 is 17.7 Å². The van der Waals surface area contributed by atoms with E-state index in [2.05, 4.69) is 10.2 Å². The van der Waals surface area contributed by atoms with Crippen LogP contribution < -0.4 is 10.1 Å². The lowest BCUT2D eigenvalue weighted by Crippen LogP contribution is -2.52. The third kappa shape index (κ3) is 4.26. The lowest BCUT2D eigenvalue weighted by atomic mass is 9.81. The summed E-state index contributed by atoms with van der Waals surface area (Å²) in [4.78, 5) is 40.6. The van der Waals surface area contributed by atoms with Crippen LogP contribution in [0.5, 0.6) is 5.75 Å². The number of fused-ring (bicyclic) bond motifs is 1. The van der Waals surface area contributed by atoms with Crippen LogP contribution in [0, 0.1) is 5.92 Å². The summed E-state index contributed by atoms with van der Waals surface area (Å²) in [5.74, 6) is 0.495. The second kappa shape index (κ2) is 8.83. The number of rotatable bonds is 6. The van der Waals surface area contributed by atoms with Gasteiger partial charge in [-0.15, -0.1) is 0 Å². The van der Waals surface area contributed by atoms with E-state index in [1.165, 1.54) is 12.8 Å². The van der Waals surface area contributed by atoms with Gasteiger partial charge in [-0.1, -0.05) is 6.42 Å². The first-order chi connectivity index (χ1) is 15.5. The van der Waals surface area contributed by atoms with Crippen LogP contribution in [0.25, 0.3) is 0 Å². The SMILES string of the molecule is O=C1CCC(N2Cc3cc(OC[C@H]4CCCCN4C[C@H]4C[C@@H](O)C4)ccc3C2=O)C(=O)N1. The number of hydrogen-bond acceptors (Lipinski definition) is 6. The summed E-state index contributed by atoms with van der Waals surface area (Å²) < 4.78 is 6.16. The van der Waals surface area contributed by atoms with E-state index >= 15 is 0 Å². The molecule has 1 aromatic carbocycles. The molecule has 2 saturated heterocycles. The number of nitrogens with one attached hydrogen (secondary N) is 1. The number of carbonyl (C=O) groups excluding carboxylic acids is 3. The molecule has 32 heavy (non-hydrogen) atoms. The molecule has 8 heteroatoms. The van der Waals surface area contributed by atoms with E-state index in [1.807, 2.05) is 12.1 Å². The molecular weight excluding hydrogens is 410 g/mol. The highest BCUT2D eigenvalue weighted by Gasteiger charge is 2.39. The van der Waals surface area contributed by atoms with Crippen molar-refractivity contribution in [1.29, 1.82) is 0 Å². The fraction of sp³-hybridized carbons (Fsp3) is 0.625. The molecule has 3 aliphatic heterocycles. The monoisotopic (exact) mass is 441 g/mol. The minimum atomic E-state index is -0.599. The van der Waals surface area contributed by atoms with Gasteiger partial charge in [0.1, 0.15) is 18.4 Å². The number of imide groups is 1. The first kappa shape index (κ1) is 21.4. The van der Waals surface area contributed by atoms with Crippen LogP contribution in [-0.2, 0) is 16.1 Å². The molecule has 0 spiro atoms. The van der Waals surface area contributed by atoms with Crippen molar-refractivity contribution in [2.75, 3.05) is 19.7 Å². The van der Waals surface area contributed by atoms with Gasteiger partial charge in [0.05, 0.1) is 6.10 Å². The zero-order chi connectivity index (χ0) is 22.2. The smallest absolute Gasteiger partial charge is 0.255 e. The van der Waals surface area contributed by atoms with Gasteiger partial charge in [0.2, 0.25) is 11.8 Å². The standard InChI is InChI=1S/C24H31N3O5/c28-18-9-15(10-18)12-26-8-2-1-3-17(26)14-32-19-4-5-20-16(11-19)13-27(24(20)31)21-6-7-22(29)25-23(21)30/h4-5,11,15,17-18,21,28H,1-3,6-10,12-14H2,(H,25,29,30)/t15-,17-,18+,21?/m1/s1. The molecule has 2 N–H and O–H groups in total. The topological polar surface area (TPSA) is 99.2 Å². The van der Waals surface area contributed by atoms with E-state index in [4.69, 9.17) is 4.74 Å². The van der Waals surface area contributed by atoms with Crippen LogP contribution in [0.3, 0.4) is 0 Å². The Hall–Kier alpha value is -2.45. The lowest BCUT2D eigenvalue weighted by molar-refractivity contribution is -0.136. The van der Waals surface area contributed by atoms with Crippen molar-refractivity contribution in [1.82, 2.24) is 15.1 Å². The Morgan fingerprint density at radius 3 is 2.75 bits per heavy atom. The molecule has 3 amide bonds. The Morgan fingerprint density at radius 1 is 1.12 bits per heavy atom. The van der Waals surface area contributed by atoms with Gasteiger partial charge in [0.25, 0.3) is 5.91 Å². The highest BCUT2D eigenvalue weighted by atomic mass is 16.5. The zero-order valence-corrected chi connectivity index (χ0v) is 18.3. The van der Waals surface area contributed by atoms with E-state index in [0.717, 1.165) is 43.7 Å². The fourth-order valence-corrected chi connectivity index (χ4v) is 5.50. The number of carbonyl (C=O) groups is 3. The quantitative estimate of drug-likeness (QED) is 0.649. The molecule has 5 rings (SSSR count). The second-order valence-corrected chi connectivity index (χ2v) is 9.67. The molecule has 0 radical (unpaired) electrons. The third-order valence-corrected chi connectivity index (χ3v) is 7.39. The molecule has 0 bridgehead atoms. The van der Waals surface area contributed by atoms with Gasteiger partial charge in [0.15, 0.2) is 0 Å². The summed E-state index contributed by atoms with van der Waals surface area (Å²) in [5, 5.41) is 11.9. The van der Waals surface area contributed by atoms with Crippen molar-refractivity contribution < 1.29 is 24.2 Å². The molecule has 2 atom stereocenters. The van der Waals surface area contributed by atoms with Gasteiger partial charge in [-0.2, -0.15) is 0 Å². The molecule has 1 saturated carbocycles. The van der Waals surface area contributed by atoms with E-state index in [9.17, 15) is 19.5 Å². The van der Waals surface area contributed by atoms with Crippen LogP contribution in [0.15, 0.2) is 18.2 Å². The van der Waals surface area contributed by atoms with Gasteiger partial charge < -0.3 is 14.7 Å². The van der Waals surface area contributed by atoms with Crippen LogP contribution in [0.1, 0.15) is 60.9 Å². The first-order valence-electron chi connectivity index (χ1n) is 11.8. The number of amides is 3. The molecule has 1 aromatic rings. The molecule has 3 fully saturated rings. The summed E-state index contributed by atoms with van der Waals surface area (Å²) in [7, 11) is 0. The van der Waals surface area contributed by atoms with Crippen molar-refractivity contribution in [3.8, 4) is 5.75 Å². The first-order valence-corrected chi connectivity index (χ1v) is 11.8. The van der Waals surface area contributed by atoms with Crippen molar-refractivity contribution in [3.05, 3.63) is 29.3 Å². The Balaban J connectivity index is 1.20. The van der Waals surface area contributed by atoms with Crippen LogP contribution in [0.4, 0.5) is 0 Å². The Kier molecular flexibility index (Phi) is 5.90. The summed E-state index contributed by atoms with van der Waals surface area (Å²) in [6.45, 7) is 3.08. The molecule has 0 aromatic heterocycles. The number of hydrogen-bond donors (Lipinski definition) is 2. The van der Waals surface area contributed by atoms with Gasteiger partial charge in [0, 0.05) is 31.1 Å². The fourth-order valence-electron chi connectivity index (χ4n) is 5.50. The number of likely N-dealkylation sites (tertiary alicyclic amines) is 1. The zero-order valence-electron chi connectivity index (χ0n) is 18.3. The second-order valence-electron chi connectivity index (χ2n) is 9.67. The Morgan fingerprint density at radius 2 is 1.97 bits per heavy atom. The highest BCUT2D eigenvalue weighted by molar-refractivity contribution is 6.05. The minimum absolute atomic E-state index is 0.117. The largest absolute Gasteiger partial charge is 0.492 e. The number of piperidine rings is 2. The molecule has 3 heterocycles. The maximum atomic E-state index is 12.8. The predicted octanol–water partition coefficient (Wildman–Crippen LogP) is 1.45. The molecule has 1 unspecified atom stereocenters. The minimum Gasteiger partial charge on any atom is -0.492 e. The predicted molar refractivity (Wildman–Crippen MR) is 116 cm³/mol. The van der Waals surface area contributed by atoms with Crippen molar-refractivity contribution in [3.63, 3.8) is 0 Å². The van der Waals surface area contributed by atoms with Gasteiger partial charge in [-0.3, -0.25) is 24.6 Å². The Labute approximate surface area is 187 Å². The number of aliphatic hydroxyl groups is 1. The highest BCUT2D eigenvalue weighted by Crippen LogP contribution is 2.32. The molecule has 4 aliphatic rings. The average molecular weight is 442 g/mol. The maximum Gasteiger partial charge on any atom is 0.255 e. The molecular formula is C24H31N3O5. The van der Waals surface area contributed by atoms with E-state index in [0.29, 0.717) is 37.1 Å². The number of aliphatic hydroxyl groups excluding tert-OH is 1. The van der Waals surface area contributed by atoms with Crippen molar-refractivity contribution in [2.24, 2.45) is 5.92 Å². The van der Waals surface area contributed by atoms with E-state index in [1.54, 1.807) is 11.0 Å². The van der Waals surface area contributed by atoms with Crippen LogP contribution in [0.2, 0.25) is 0 Å². The van der Waals surface area contributed by atoms with Crippen molar-refractivity contribution in [2.45, 2.75) is 69.7 Å². The third-order valence-electron chi connectivity index (χ3n) is 7.39. The number of ether oxygens (including phenoxy) is 1. The van der Waals surface area contributed by atoms with Crippen LogP contribution >= 0.6 is 0 Å². The summed E-state index contributed by atoms with van der Waals surface area (Å²) in [6.07, 6.45) is 5.85. The lowest BCUT2D eigenvalue weighted by Gasteiger charge is -2.41. The average Bonchev–Trinajstić information content (AvgIpc) is 3.07. The summed E-state index contributed by atoms with van der Waals surface area (Å²) in [5.41, 5.74) is 1.46. The number of nitrogens with zero attached hydrogens (tertiary/aromatic N) is 2. The summed E-state index contributed by atoms with van der Waals surface area (Å²) in [6, 6.07) is 5.30. The summed E-state index contributed by atoms with van der Waals surface area (Å²) >= 11 is 0. The molecule has 172 valence electrons. The molecule has 8 nitrogen and oxygen atoms in total. The van der Waals surface area contributed by atoms with Gasteiger partial charge in [-0.25, -0.2) is 0 Å².